The molecule has 0 spiro atoms. The average molecular weight is 1270 g/mol. The number of phosphoric acid groups is 2. The summed E-state index contributed by atoms with van der Waals surface area (Å²) in [5.74, 6) is -1.66. The fraction of sp³-hybridized carbons (Fsp3) is 0.696. The van der Waals surface area contributed by atoms with Crippen molar-refractivity contribution in [2.24, 2.45) is 0 Å². The first-order valence-electron chi connectivity index (χ1n) is 33.2. The standard InChI is InChI=1S/C69H118O16P2/c1-4-7-10-13-16-19-22-24-26-28-29-30-31-32-33-35-37-38-41-43-46-49-52-55-67(72)79-58-64(70)59-81-86(75,76)82-60-65(71)61-83-87(77,78)84-63-66(85-69(74)57-54-51-48-45-40-21-18-15-12-9-6-3)62-80-68(73)56-53-50-47-44-42-39-36-34-27-25-23-20-17-14-11-8-5-2/h8,11,16-17,19-20,24-27,29-30,32-33,36,39,44,47,64-66,70-71H,4-7,9-10,12-15,18,21-23,28,31,34-35,37-38,40-43,45-46,48-63H2,1-3H3,(H,75,76)(H,77,78)/b11-8-,19-16-,20-17-,26-24-,27-25-,30-29-,33-32-,39-36-,47-44-. The Morgan fingerprint density at radius 3 is 1.03 bits per heavy atom. The molecule has 0 radical (unpaired) electrons. The van der Waals surface area contributed by atoms with Crippen LogP contribution in [0.25, 0.3) is 0 Å². The molecule has 0 aliphatic rings. The molecule has 18 heteroatoms. The molecule has 4 N–H and O–H groups in total. The zero-order valence-electron chi connectivity index (χ0n) is 53.9. The molecule has 0 aliphatic carbocycles. The van der Waals surface area contributed by atoms with E-state index in [2.05, 4.69) is 118 Å². The second-order valence-electron chi connectivity index (χ2n) is 21.9. The second-order valence-corrected chi connectivity index (χ2v) is 24.8. The van der Waals surface area contributed by atoms with Crippen molar-refractivity contribution < 1.29 is 75.8 Å². The molecule has 5 atom stereocenters. The molecule has 0 amide bonds. The first-order valence-corrected chi connectivity index (χ1v) is 36.2. The smallest absolute Gasteiger partial charge is 0.463 e. The highest BCUT2D eigenvalue weighted by Crippen LogP contribution is 2.45. The van der Waals surface area contributed by atoms with Gasteiger partial charge < -0.3 is 34.2 Å². The van der Waals surface area contributed by atoms with E-state index in [1.165, 1.54) is 64.2 Å². The summed E-state index contributed by atoms with van der Waals surface area (Å²) in [6, 6.07) is 0. The topological polar surface area (TPSA) is 231 Å². The van der Waals surface area contributed by atoms with Crippen LogP contribution in [0.3, 0.4) is 0 Å². The van der Waals surface area contributed by atoms with Crippen molar-refractivity contribution in [1.29, 1.82) is 0 Å². The lowest BCUT2D eigenvalue weighted by molar-refractivity contribution is -0.161. The zero-order chi connectivity index (χ0) is 63.8. The van der Waals surface area contributed by atoms with Gasteiger partial charge in [0.25, 0.3) is 0 Å². The average Bonchev–Trinajstić information content (AvgIpc) is 3.54. The number of aliphatic hydroxyl groups is 2. The molecule has 0 fully saturated rings. The Bertz CT molecular complexity index is 2030. The lowest BCUT2D eigenvalue weighted by Gasteiger charge is -2.21. The Kier molecular flexibility index (Phi) is 59.7. The van der Waals surface area contributed by atoms with Crippen LogP contribution < -0.4 is 0 Å². The van der Waals surface area contributed by atoms with E-state index < -0.39 is 91.5 Å². The van der Waals surface area contributed by atoms with Gasteiger partial charge in [0, 0.05) is 19.3 Å². The minimum absolute atomic E-state index is 0.0916. The predicted octanol–water partition coefficient (Wildman–Crippen LogP) is 18.1. The van der Waals surface area contributed by atoms with Crippen molar-refractivity contribution in [2.75, 3.05) is 39.6 Å². The number of hydrogen-bond acceptors (Lipinski definition) is 14. The highest BCUT2D eigenvalue weighted by Gasteiger charge is 2.29. The number of carbonyl (C=O) groups is 3. The Morgan fingerprint density at radius 2 is 0.621 bits per heavy atom. The number of esters is 3. The molecule has 0 heterocycles. The predicted molar refractivity (Wildman–Crippen MR) is 353 cm³/mol. The maximum atomic E-state index is 12.8. The number of carbonyl (C=O) groups excluding carboxylic acids is 3. The summed E-state index contributed by atoms with van der Waals surface area (Å²) in [5, 5.41) is 20.5. The molecule has 0 aromatic heterocycles. The second kappa shape index (κ2) is 62.4. The Morgan fingerprint density at radius 1 is 0.333 bits per heavy atom. The molecule has 0 aliphatic heterocycles. The third-order valence-corrected chi connectivity index (χ3v) is 15.4. The van der Waals surface area contributed by atoms with Crippen LogP contribution in [-0.4, -0.2) is 95.9 Å². The Hall–Kier alpha value is -3.79. The van der Waals surface area contributed by atoms with Crippen molar-refractivity contribution in [1.82, 2.24) is 0 Å². The molecule has 0 rings (SSSR count). The van der Waals surface area contributed by atoms with E-state index in [1.54, 1.807) is 0 Å². The van der Waals surface area contributed by atoms with Crippen LogP contribution in [0.2, 0.25) is 0 Å². The van der Waals surface area contributed by atoms with Gasteiger partial charge in [0.05, 0.1) is 26.4 Å². The van der Waals surface area contributed by atoms with Gasteiger partial charge in [-0.1, -0.05) is 239 Å². The molecule has 0 bridgehead atoms. The fourth-order valence-electron chi connectivity index (χ4n) is 8.41. The van der Waals surface area contributed by atoms with Gasteiger partial charge in [-0.05, 0) is 103 Å². The normalized spacial score (nSPS) is 15.0. The number of hydrogen-bond donors (Lipinski definition) is 4. The van der Waals surface area contributed by atoms with Gasteiger partial charge >= 0.3 is 33.6 Å². The Labute approximate surface area is 526 Å². The zero-order valence-corrected chi connectivity index (χ0v) is 55.7. The van der Waals surface area contributed by atoms with E-state index in [9.17, 15) is 43.5 Å². The van der Waals surface area contributed by atoms with Crippen LogP contribution in [-0.2, 0) is 55.8 Å². The first kappa shape index (κ1) is 83.2. The van der Waals surface area contributed by atoms with E-state index in [0.29, 0.717) is 25.7 Å². The lowest BCUT2D eigenvalue weighted by atomic mass is 10.1. The number of phosphoric ester groups is 2. The van der Waals surface area contributed by atoms with Gasteiger partial charge in [-0.25, -0.2) is 9.13 Å². The lowest BCUT2D eigenvalue weighted by Crippen LogP contribution is -2.30. The molecule has 16 nitrogen and oxygen atoms in total. The van der Waals surface area contributed by atoms with Crippen LogP contribution >= 0.6 is 15.6 Å². The summed E-state index contributed by atoms with van der Waals surface area (Å²) in [6.45, 7) is 2.42. The monoisotopic (exact) mass is 1260 g/mol. The van der Waals surface area contributed by atoms with Gasteiger partial charge in [0.2, 0.25) is 0 Å². The summed E-state index contributed by atoms with van der Waals surface area (Å²) in [4.78, 5) is 58.2. The number of aliphatic hydroxyl groups excluding tert-OH is 2. The molecule has 87 heavy (non-hydrogen) atoms. The van der Waals surface area contributed by atoms with Gasteiger partial charge in [0.1, 0.15) is 25.4 Å². The van der Waals surface area contributed by atoms with Gasteiger partial charge in [-0.15, -0.1) is 0 Å². The summed E-state index contributed by atoms with van der Waals surface area (Å²) >= 11 is 0. The summed E-state index contributed by atoms with van der Waals surface area (Å²) < 4.78 is 60.7. The molecular weight excluding hydrogens is 1150 g/mol. The van der Waals surface area contributed by atoms with Crippen molar-refractivity contribution in [3.05, 3.63) is 109 Å². The van der Waals surface area contributed by atoms with Gasteiger partial charge in [-0.2, -0.15) is 0 Å². The molecule has 500 valence electrons. The third-order valence-electron chi connectivity index (χ3n) is 13.5. The molecule has 0 aromatic rings. The van der Waals surface area contributed by atoms with Crippen LogP contribution in [0.1, 0.15) is 252 Å². The summed E-state index contributed by atoms with van der Waals surface area (Å²) in [7, 11) is -9.79. The van der Waals surface area contributed by atoms with E-state index in [4.69, 9.17) is 32.3 Å². The van der Waals surface area contributed by atoms with Crippen LogP contribution in [0.15, 0.2) is 109 Å². The highest BCUT2D eigenvalue weighted by atomic mass is 31.2. The molecule has 0 saturated heterocycles. The number of ether oxygens (including phenoxy) is 3. The molecule has 0 aromatic carbocycles. The van der Waals surface area contributed by atoms with Crippen LogP contribution in [0, 0.1) is 0 Å². The van der Waals surface area contributed by atoms with E-state index in [1.807, 2.05) is 12.2 Å². The number of allylic oxidation sites excluding steroid dienone is 18. The van der Waals surface area contributed by atoms with E-state index >= 15 is 0 Å². The van der Waals surface area contributed by atoms with E-state index in [-0.39, 0.29) is 19.3 Å². The summed E-state index contributed by atoms with van der Waals surface area (Å²) in [5.41, 5.74) is 0. The van der Waals surface area contributed by atoms with Crippen molar-refractivity contribution >= 4 is 33.6 Å². The Balaban J connectivity index is 4.61. The van der Waals surface area contributed by atoms with Crippen LogP contribution in [0.4, 0.5) is 0 Å². The van der Waals surface area contributed by atoms with E-state index in [0.717, 1.165) is 122 Å². The molecule has 0 saturated carbocycles. The number of unbranched alkanes of at least 4 members (excludes halogenated alkanes) is 21. The molecule has 5 unspecified atom stereocenters. The third kappa shape index (κ3) is 63.6. The SMILES string of the molecule is CC/C=C\C/C=C\C/C=C\C/C=C\C/C=C\CCCC(=O)OCC(COP(=O)(O)OCC(O)COP(=O)(O)OCC(O)COC(=O)CCCCCCCCC/C=C\C/C=C\C/C=C\C/C=C\CCCCC)OC(=O)CCCCCCCCCCCCC. The number of rotatable bonds is 62. The minimum Gasteiger partial charge on any atom is -0.463 e. The quantitative estimate of drug-likeness (QED) is 0.0146. The van der Waals surface area contributed by atoms with Gasteiger partial charge in [-0.3, -0.25) is 32.5 Å². The fourth-order valence-corrected chi connectivity index (χ4v) is 10.00. The van der Waals surface area contributed by atoms with Crippen LogP contribution in [0.5, 0.6) is 0 Å². The van der Waals surface area contributed by atoms with Crippen molar-refractivity contribution in [3.63, 3.8) is 0 Å². The van der Waals surface area contributed by atoms with Gasteiger partial charge in [0.15, 0.2) is 6.10 Å². The highest BCUT2D eigenvalue weighted by molar-refractivity contribution is 7.47. The summed E-state index contributed by atoms with van der Waals surface area (Å²) in [6.07, 6.45) is 68.8. The van der Waals surface area contributed by atoms with Crippen molar-refractivity contribution in [2.45, 2.75) is 270 Å². The van der Waals surface area contributed by atoms with Crippen molar-refractivity contribution in [3.8, 4) is 0 Å². The maximum absolute atomic E-state index is 12.8. The largest absolute Gasteiger partial charge is 0.472 e. The maximum Gasteiger partial charge on any atom is 0.472 e. The minimum atomic E-state index is -4.93. The molecular formula is C69H118O16P2. The first-order chi connectivity index (χ1) is 42.2.